The van der Waals surface area contributed by atoms with Crippen molar-refractivity contribution in [2.45, 2.75) is 0 Å². The second-order valence-corrected chi connectivity index (χ2v) is 4.76. The minimum Gasteiger partial charge on any atom is -0.352 e. The van der Waals surface area contributed by atoms with Crippen LogP contribution in [0.3, 0.4) is 0 Å². The van der Waals surface area contributed by atoms with E-state index < -0.39 is 10.7 Å². The maximum Gasteiger partial charge on any atom is 0.270 e. The average Bonchev–Trinajstić information content (AvgIpc) is 2.42. The van der Waals surface area contributed by atoms with Crippen LogP contribution in [-0.2, 0) is 0 Å². The Morgan fingerprint density at radius 1 is 1.25 bits per heavy atom. The standard InChI is InChI=1S/C13H7BrFN3O2/c14-9-1-3-13(11(15)6-9)17-12-4-2-10(18(19)20)5-8(12)7-16/h1-6,17H. The van der Waals surface area contributed by atoms with Crippen molar-refractivity contribution in [2.75, 3.05) is 5.32 Å². The van der Waals surface area contributed by atoms with Gasteiger partial charge in [-0.2, -0.15) is 5.26 Å². The molecule has 0 aliphatic heterocycles. The molecule has 0 amide bonds. The Balaban J connectivity index is 2.39. The van der Waals surface area contributed by atoms with E-state index in [1.54, 1.807) is 6.07 Å². The molecule has 0 atom stereocenters. The fraction of sp³-hybridized carbons (Fsp3) is 0. The number of nitrogens with zero attached hydrogens (tertiary/aromatic N) is 2. The van der Waals surface area contributed by atoms with E-state index in [4.69, 9.17) is 5.26 Å². The first kappa shape index (κ1) is 14.0. The van der Waals surface area contributed by atoms with Gasteiger partial charge in [-0.1, -0.05) is 15.9 Å². The lowest BCUT2D eigenvalue weighted by Crippen LogP contribution is -1.97. The summed E-state index contributed by atoms with van der Waals surface area (Å²) in [6, 6.07) is 10.0. The van der Waals surface area contributed by atoms with Crippen molar-refractivity contribution < 1.29 is 9.31 Å². The van der Waals surface area contributed by atoms with E-state index in [1.165, 1.54) is 24.3 Å². The second-order valence-electron chi connectivity index (χ2n) is 3.85. The van der Waals surface area contributed by atoms with Crippen molar-refractivity contribution in [3.8, 4) is 6.07 Å². The van der Waals surface area contributed by atoms with Crippen LogP contribution in [0.1, 0.15) is 5.56 Å². The highest BCUT2D eigenvalue weighted by Crippen LogP contribution is 2.27. The Morgan fingerprint density at radius 3 is 2.55 bits per heavy atom. The fourth-order valence-electron chi connectivity index (χ4n) is 1.58. The third-order valence-electron chi connectivity index (χ3n) is 2.53. The number of hydrogen-bond acceptors (Lipinski definition) is 4. The molecule has 5 nitrogen and oxygen atoms in total. The summed E-state index contributed by atoms with van der Waals surface area (Å²) in [6.07, 6.45) is 0. The summed E-state index contributed by atoms with van der Waals surface area (Å²) in [5, 5.41) is 22.4. The Bertz CT molecular complexity index is 728. The normalized spacial score (nSPS) is 9.85. The van der Waals surface area contributed by atoms with Crippen LogP contribution in [0.5, 0.6) is 0 Å². The molecule has 2 aromatic carbocycles. The second kappa shape index (κ2) is 5.67. The van der Waals surface area contributed by atoms with Gasteiger partial charge in [0.1, 0.15) is 11.9 Å². The Kier molecular flexibility index (Phi) is 3.96. The van der Waals surface area contributed by atoms with Crippen LogP contribution < -0.4 is 5.32 Å². The number of nitrogens with one attached hydrogen (secondary N) is 1. The van der Waals surface area contributed by atoms with Gasteiger partial charge in [-0.3, -0.25) is 10.1 Å². The summed E-state index contributed by atoms with van der Waals surface area (Å²) in [5.41, 5.74) is 0.364. The Labute approximate surface area is 121 Å². The van der Waals surface area contributed by atoms with Crippen LogP contribution >= 0.6 is 15.9 Å². The predicted molar refractivity (Wildman–Crippen MR) is 75.2 cm³/mol. The van der Waals surface area contributed by atoms with Crippen molar-refractivity contribution in [1.29, 1.82) is 5.26 Å². The molecule has 20 heavy (non-hydrogen) atoms. The van der Waals surface area contributed by atoms with Gasteiger partial charge in [-0.15, -0.1) is 0 Å². The van der Waals surface area contributed by atoms with Crippen LogP contribution in [0.15, 0.2) is 40.9 Å². The quantitative estimate of drug-likeness (QED) is 0.676. The third kappa shape index (κ3) is 2.92. The van der Waals surface area contributed by atoms with Gasteiger partial charge in [0.05, 0.1) is 21.9 Å². The molecule has 0 fully saturated rings. The third-order valence-corrected chi connectivity index (χ3v) is 3.03. The van der Waals surface area contributed by atoms with E-state index in [0.717, 1.165) is 6.07 Å². The zero-order chi connectivity index (χ0) is 14.7. The topological polar surface area (TPSA) is 79.0 Å². The van der Waals surface area contributed by atoms with Gasteiger partial charge in [0.15, 0.2) is 0 Å². The smallest absolute Gasteiger partial charge is 0.270 e. The lowest BCUT2D eigenvalue weighted by Gasteiger charge is -2.09. The van der Waals surface area contributed by atoms with Gasteiger partial charge in [-0.25, -0.2) is 4.39 Å². The number of halogens is 2. The highest BCUT2D eigenvalue weighted by Gasteiger charge is 2.12. The van der Waals surface area contributed by atoms with E-state index in [0.29, 0.717) is 10.2 Å². The molecule has 2 rings (SSSR count). The molecule has 0 spiro atoms. The zero-order valence-corrected chi connectivity index (χ0v) is 11.5. The largest absolute Gasteiger partial charge is 0.352 e. The molecule has 1 N–H and O–H groups in total. The minimum absolute atomic E-state index is 0.0709. The van der Waals surface area contributed by atoms with Crippen molar-refractivity contribution in [3.05, 3.63) is 62.4 Å². The van der Waals surface area contributed by atoms with Crippen LogP contribution in [0.25, 0.3) is 0 Å². The number of benzene rings is 2. The molecule has 0 bridgehead atoms. The van der Waals surface area contributed by atoms with E-state index in [9.17, 15) is 14.5 Å². The highest BCUT2D eigenvalue weighted by molar-refractivity contribution is 9.10. The number of nitro groups is 1. The van der Waals surface area contributed by atoms with Gasteiger partial charge in [0.2, 0.25) is 0 Å². The van der Waals surface area contributed by atoms with Crippen molar-refractivity contribution >= 4 is 33.0 Å². The zero-order valence-electron chi connectivity index (χ0n) is 9.93. The van der Waals surface area contributed by atoms with Crippen molar-refractivity contribution in [2.24, 2.45) is 0 Å². The summed E-state index contributed by atoms with van der Waals surface area (Å²) >= 11 is 3.14. The van der Waals surface area contributed by atoms with Crippen LogP contribution in [0, 0.1) is 27.3 Å². The fourth-order valence-corrected chi connectivity index (χ4v) is 1.92. The first-order valence-electron chi connectivity index (χ1n) is 5.42. The number of anilines is 2. The highest BCUT2D eigenvalue weighted by atomic mass is 79.9. The molecule has 100 valence electrons. The lowest BCUT2D eigenvalue weighted by atomic mass is 10.1. The van der Waals surface area contributed by atoms with Gasteiger partial charge in [-0.05, 0) is 24.3 Å². The molecule has 0 unspecified atom stereocenters. The lowest BCUT2D eigenvalue weighted by molar-refractivity contribution is -0.384. The number of nitro benzene ring substituents is 1. The molecule has 0 saturated heterocycles. The first-order chi connectivity index (χ1) is 9.51. The summed E-state index contributed by atoms with van der Waals surface area (Å²) in [6.45, 7) is 0. The van der Waals surface area contributed by atoms with Crippen LogP contribution in [-0.4, -0.2) is 4.92 Å². The van der Waals surface area contributed by atoms with Gasteiger partial charge in [0, 0.05) is 16.6 Å². The number of non-ortho nitro benzene ring substituents is 1. The molecule has 7 heteroatoms. The average molecular weight is 336 g/mol. The van der Waals surface area contributed by atoms with Crippen molar-refractivity contribution in [3.63, 3.8) is 0 Å². The number of rotatable bonds is 3. The SMILES string of the molecule is N#Cc1cc([N+](=O)[O-])ccc1Nc1ccc(Br)cc1F. The maximum absolute atomic E-state index is 13.7. The number of hydrogen-bond donors (Lipinski definition) is 1. The molecule has 0 aliphatic rings. The summed E-state index contributed by atoms with van der Waals surface area (Å²) in [5.74, 6) is -0.499. The molecule has 0 aliphatic carbocycles. The van der Waals surface area contributed by atoms with E-state index in [1.807, 2.05) is 6.07 Å². The molecule has 0 aromatic heterocycles. The van der Waals surface area contributed by atoms with Gasteiger partial charge >= 0.3 is 0 Å². The Hall–Kier alpha value is -2.46. The van der Waals surface area contributed by atoms with E-state index in [-0.39, 0.29) is 16.9 Å². The van der Waals surface area contributed by atoms with Crippen molar-refractivity contribution in [1.82, 2.24) is 0 Å². The maximum atomic E-state index is 13.7. The van der Waals surface area contributed by atoms with Crippen LogP contribution in [0.2, 0.25) is 0 Å². The van der Waals surface area contributed by atoms with E-state index in [2.05, 4.69) is 21.2 Å². The Morgan fingerprint density at radius 2 is 1.95 bits per heavy atom. The summed E-state index contributed by atoms with van der Waals surface area (Å²) < 4.78 is 14.3. The van der Waals surface area contributed by atoms with Crippen LogP contribution in [0.4, 0.5) is 21.5 Å². The summed E-state index contributed by atoms with van der Waals surface area (Å²) in [7, 11) is 0. The van der Waals surface area contributed by atoms with Gasteiger partial charge < -0.3 is 5.32 Å². The molecule has 2 aromatic rings. The molecule has 0 radical (unpaired) electrons. The summed E-state index contributed by atoms with van der Waals surface area (Å²) in [4.78, 5) is 10.0. The monoisotopic (exact) mass is 335 g/mol. The first-order valence-corrected chi connectivity index (χ1v) is 6.21. The molecule has 0 heterocycles. The molecule has 0 saturated carbocycles. The molecular formula is C13H7BrFN3O2. The number of nitriles is 1. The minimum atomic E-state index is -0.592. The molecular weight excluding hydrogens is 329 g/mol. The predicted octanol–water partition coefficient (Wildman–Crippen LogP) is 4.11. The van der Waals surface area contributed by atoms with E-state index >= 15 is 0 Å². The van der Waals surface area contributed by atoms with Gasteiger partial charge in [0.25, 0.3) is 5.69 Å².